The zero-order valence-corrected chi connectivity index (χ0v) is 15.4. The third-order valence-corrected chi connectivity index (χ3v) is 5.07. The molecule has 26 heavy (non-hydrogen) atoms. The molecule has 3 rings (SSSR count). The van der Waals surface area contributed by atoms with Crippen molar-refractivity contribution in [2.75, 3.05) is 24.8 Å². The number of ether oxygens (including phenoxy) is 2. The van der Waals surface area contributed by atoms with Crippen molar-refractivity contribution < 1.29 is 19.1 Å². The maximum atomic E-state index is 11.9. The van der Waals surface area contributed by atoms with Crippen LogP contribution in [0.4, 0.5) is 5.69 Å². The number of methoxy groups -OCH3 is 1. The number of thiophene rings is 1. The average molecular weight is 389 g/mol. The van der Waals surface area contributed by atoms with E-state index in [2.05, 4.69) is 15.3 Å². The minimum atomic E-state index is -0.488. The van der Waals surface area contributed by atoms with Crippen LogP contribution in [0.5, 0.6) is 5.75 Å². The molecule has 1 N–H and O–H groups in total. The number of aromatic nitrogens is 2. The lowest BCUT2D eigenvalue weighted by Gasteiger charge is -2.08. The predicted octanol–water partition coefficient (Wildman–Crippen LogP) is 2.97. The highest BCUT2D eigenvalue weighted by molar-refractivity contribution is 8.00. The second-order valence-electron chi connectivity index (χ2n) is 5.05. The fourth-order valence-electron chi connectivity index (χ4n) is 2.10. The number of esters is 1. The van der Waals surface area contributed by atoms with Crippen LogP contribution in [0.15, 0.2) is 47.1 Å². The number of hydrogen-bond donors (Lipinski definition) is 1. The Labute approximate surface area is 157 Å². The lowest BCUT2D eigenvalue weighted by molar-refractivity contribution is -0.144. The summed E-state index contributed by atoms with van der Waals surface area (Å²) in [6.45, 7) is -0.353. The molecule has 1 aromatic carbocycles. The molecule has 7 nitrogen and oxygen atoms in total. The summed E-state index contributed by atoms with van der Waals surface area (Å²) in [6.07, 6.45) is 1.47. The first kappa shape index (κ1) is 18.2. The van der Waals surface area contributed by atoms with E-state index in [9.17, 15) is 9.59 Å². The van der Waals surface area contributed by atoms with E-state index in [4.69, 9.17) is 9.47 Å². The summed E-state index contributed by atoms with van der Waals surface area (Å²) < 4.78 is 10.1. The van der Waals surface area contributed by atoms with Crippen molar-refractivity contribution in [2.24, 2.45) is 0 Å². The van der Waals surface area contributed by atoms with Gasteiger partial charge in [0.25, 0.3) is 5.91 Å². The van der Waals surface area contributed by atoms with E-state index in [1.165, 1.54) is 29.4 Å². The van der Waals surface area contributed by atoms with Gasteiger partial charge in [-0.15, -0.1) is 11.3 Å². The van der Waals surface area contributed by atoms with Crippen molar-refractivity contribution in [3.63, 3.8) is 0 Å². The van der Waals surface area contributed by atoms with Crippen molar-refractivity contribution in [1.82, 2.24) is 9.97 Å². The van der Waals surface area contributed by atoms with Crippen LogP contribution in [0.2, 0.25) is 0 Å². The second-order valence-corrected chi connectivity index (χ2v) is 6.91. The highest BCUT2D eigenvalue weighted by atomic mass is 32.2. The quantitative estimate of drug-likeness (QED) is 0.377. The van der Waals surface area contributed by atoms with E-state index in [1.807, 2.05) is 11.4 Å². The number of benzene rings is 1. The number of fused-ring (bicyclic) bond motifs is 1. The summed E-state index contributed by atoms with van der Waals surface area (Å²) in [7, 11) is 1.54. The molecule has 1 amide bonds. The lowest BCUT2D eigenvalue weighted by Crippen LogP contribution is -2.21. The second kappa shape index (κ2) is 8.63. The van der Waals surface area contributed by atoms with Crippen LogP contribution in [0.3, 0.4) is 0 Å². The molecule has 0 saturated heterocycles. The van der Waals surface area contributed by atoms with Crippen LogP contribution in [0.1, 0.15) is 0 Å². The minimum Gasteiger partial charge on any atom is -0.497 e. The lowest BCUT2D eigenvalue weighted by atomic mass is 10.3. The van der Waals surface area contributed by atoms with Crippen LogP contribution < -0.4 is 10.1 Å². The van der Waals surface area contributed by atoms with Crippen LogP contribution in [-0.2, 0) is 14.3 Å². The van der Waals surface area contributed by atoms with E-state index in [1.54, 1.807) is 31.4 Å². The third kappa shape index (κ3) is 4.70. The summed E-state index contributed by atoms with van der Waals surface area (Å²) in [6, 6.07) is 8.83. The fraction of sp³-hybridized carbons (Fsp3) is 0.176. The van der Waals surface area contributed by atoms with E-state index >= 15 is 0 Å². The first-order chi connectivity index (χ1) is 12.7. The SMILES string of the molecule is COc1cccc(NC(=O)COC(=O)CSc2ncnc3sccc23)c1. The Morgan fingerprint density at radius 3 is 3.00 bits per heavy atom. The van der Waals surface area contributed by atoms with Gasteiger partial charge in [-0.3, -0.25) is 9.59 Å². The van der Waals surface area contributed by atoms with Gasteiger partial charge in [0.05, 0.1) is 12.9 Å². The van der Waals surface area contributed by atoms with Crippen LogP contribution in [-0.4, -0.2) is 41.3 Å². The number of nitrogens with one attached hydrogen (secondary N) is 1. The molecule has 0 unspecified atom stereocenters. The monoisotopic (exact) mass is 389 g/mol. The number of carbonyl (C=O) groups excluding carboxylic acids is 2. The molecule has 0 aliphatic carbocycles. The summed E-state index contributed by atoms with van der Waals surface area (Å²) >= 11 is 2.77. The molecule has 9 heteroatoms. The number of nitrogens with zero attached hydrogens (tertiary/aromatic N) is 2. The van der Waals surface area contributed by atoms with E-state index in [-0.39, 0.29) is 12.4 Å². The van der Waals surface area contributed by atoms with Gasteiger partial charge in [-0.2, -0.15) is 0 Å². The Balaban J connectivity index is 1.46. The van der Waals surface area contributed by atoms with Gasteiger partial charge in [0.1, 0.15) is 21.9 Å². The van der Waals surface area contributed by atoms with E-state index < -0.39 is 11.9 Å². The molecule has 0 aliphatic heterocycles. The number of anilines is 1. The van der Waals surface area contributed by atoms with Crippen molar-refractivity contribution in [3.05, 3.63) is 42.0 Å². The van der Waals surface area contributed by atoms with Gasteiger partial charge < -0.3 is 14.8 Å². The molecule has 3 aromatic rings. The molecule has 0 atom stereocenters. The van der Waals surface area contributed by atoms with Crippen molar-refractivity contribution in [2.45, 2.75) is 5.03 Å². The number of carbonyl (C=O) groups is 2. The predicted molar refractivity (Wildman–Crippen MR) is 101 cm³/mol. The highest BCUT2D eigenvalue weighted by Gasteiger charge is 2.11. The van der Waals surface area contributed by atoms with Gasteiger partial charge in [-0.1, -0.05) is 17.8 Å². The van der Waals surface area contributed by atoms with Gasteiger partial charge in [-0.05, 0) is 23.6 Å². The van der Waals surface area contributed by atoms with Gasteiger partial charge in [0.15, 0.2) is 6.61 Å². The minimum absolute atomic E-state index is 0.0639. The topological polar surface area (TPSA) is 90.4 Å². The molecule has 0 fully saturated rings. The van der Waals surface area contributed by atoms with Crippen molar-refractivity contribution >= 4 is 50.9 Å². The maximum absolute atomic E-state index is 11.9. The average Bonchev–Trinajstić information content (AvgIpc) is 3.14. The molecule has 0 bridgehead atoms. The summed E-state index contributed by atoms with van der Waals surface area (Å²) in [5.41, 5.74) is 0.570. The number of rotatable bonds is 7. The largest absolute Gasteiger partial charge is 0.497 e. The number of thioether (sulfide) groups is 1. The van der Waals surface area contributed by atoms with Gasteiger partial charge in [0.2, 0.25) is 0 Å². The van der Waals surface area contributed by atoms with Crippen LogP contribution in [0.25, 0.3) is 10.2 Å². The molecule has 0 aliphatic rings. The molecule has 2 heterocycles. The Kier molecular flexibility index (Phi) is 6.03. The molecule has 0 spiro atoms. The zero-order chi connectivity index (χ0) is 18.4. The Bertz CT molecular complexity index is 929. The van der Waals surface area contributed by atoms with Crippen LogP contribution in [0, 0.1) is 0 Å². The van der Waals surface area contributed by atoms with E-state index in [0.717, 1.165) is 10.2 Å². The summed E-state index contributed by atoms with van der Waals surface area (Å²) in [5, 5.41) is 6.19. The summed E-state index contributed by atoms with van der Waals surface area (Å²) in [5.74, 6) is -0.216. The zero-order valence-electron chi connectivity index (χ0n) is 13.8. The Hall–Kier alpha value is -2.65. The molecule has 0 radical (unpaired) electrons. The van der Waals surface area contributed by atoms with Crippen LogP contribution >= 0.6 is 23.1 Å². The Morgan fingerprint density at radius 1 is 1.27 bits per heavy atom. The van der Waals surface area contributed by atoms with Crippen molar-refractivity contribution in [1.29, 1.82) is 0 Å². The molecule has 2 aromatic heterocycles. The maximum Gasteiger partial charge on any atom is 0.316 e. The third-order valence-electron chi connectivity index (χ3n) is 3.27. The normalized spacial score (nSPS) is 10.5. The number of amides is 1. The Morgan fingerprint density at radius 2 is 2.15 bits per heavy atom. The summed E-state index contributed by atoms with van der Waals surface area (Å²) in [4.78, 5) is 32.9. The van der Waals surface area contributed by atoms with Gasteiger partial charge >= 0.3 is 5.97 Å². The number of hydrogen-bond acceptors (Lipinski definition) is 8. The first-order valence-corrected chi connectivity index (χ1v) is 9.43. The molecule has 134 valence electrons. The van der Waals surface area contributed by atoms with Gasteiger partial charge in [-0.25, -0.2) is 9.97 Å². The fourth-order valence-corrected chi connectivity index (χ4v) is 3.67. The molecular formula is C17H15N3O4S2. The standard InChI is InChI=1S/C17H15N3O4S2/c1-23-12-4-2-3-11(7-12)20-14(21)8-24-15(22)9-26-17-13-5-6-25-16(13)18-10-19-17/h2-7,10H,8-9H2,1H3,(H,20,21). The first-order valence-electron chi connectivity index (χ1n) is 7.56. The van der Waals surface area contributed by atoms with Crippen molar-refractivity contribution in [3.8, 4) is 5.75 Å². The molecular weight excluding hydrogens is 374 g/mol. The van der Waals surface area contributed by atoms with Gasteiger partial charge in [0, 0.05) is 17.1 Å². The molecule has 0 saturated carbocycles. The smallest absolute Gasteiger partial charge is 0.316 e. The van der Waals surface area contributed by atoms with E-state index in [0.29, 0.717) is 16.5 Å². The highest BCUT2D eigenvalue weighted by Crippen LogP contribution is 2.27.